The van der Waals surface area contributed by atoms with Crippen molar-refractivity contribution in [2.75, 3.05) is 6.54 Å². The first-order valence-corrected chi connectivity index (χ1v) is 8.60. The van der Waals surface area contributed by atoms with Gasteiger partial charge in [0.2, 0.25) is 0 Å². The highest BCUT2D eigenvalue weighted by atomic mass is 79.9. The molecule has 3 atom stereocenters. The van der Waals surface area contributed by atoms with E-state index >= 15 is 0 Å². The summed E-state index contributed by atoms with van der Waals surface area (Å²) in [7, 11) is 0. The Labute approximate surface area is 140 Å². The fourth-order valence-corrected chi connectivity index (χ4v) is 4.15. The Bertz CT molecular complexity index is 592. The molecule has 2 aliphatic rings. The molecule has 2 heterocycles. The molecular formula is C16H21BrN2OS. The number of para-hydroxylation sites is 1. The van der Waals surface area contributed by atoms with Crippen molar-refractivity contribution in [1.82, 2.24) is 10.2 Å². The van der Waals surface area contributed by atoms with Crippen LogP contribution in [0.5, 0.6) is 5.75 Å². The van der Waals surface area contributed by atoms with E-state index in [-0.39, 0.29) is 6.04 Å². The van der Waals surface area contributed by atoms with Crippen molar-refractivity contribution < 1.29 is 4.74 Å². The van der Waals surface area contributed by atoms with Gasteiger partial charge in [0.15, 0.2) is 10.8 Å². The fraction of sp³-hybridized carbons (Fsp3) is 0.562. The summed E-state index contributed by atoms with van der Waals surface area (Å²) in [5.74, 6) is 1.77. The molecule has 0 radical (unpaired) electrons. The molecule has 3 nitrogen and oxygen atoms in total. The van der Waals surface area contributed by atoms with Gasteiger partial charge >= 0.3 is 0 Å². The third kappa shape index (κ3) is 2.25. The zero-order valence-corrected chi connectivity index (χ0v) is 15.2. The minimum absolute atomic E-state index is 0.201. The number of thiocarbonyl (C=S) groups is 1. The molecular weight excluding hydrogens is 348 g/mol. The lowest BCUT2D eigenvalue weighted by Gasteiger charge is -2.56. The molecule has 3 unspecified atom stereocenters. The SMILES string of the molecule is CC(C)CN1C(=S)NC2c3cccc(Br)c3OC1(C)C2C. The molecule has 114 valence electrons. The molecule has 0 saturated carbocycles. The second kappa shape index (κ2) is 5.13. The molecule has 5 heteroatoms. The van der Waals surface area contributed by atoms with Crippen LogP contribution in [0.15, 0.2) is 22.7 Å². The van der Waals surface area contributed by atoms with Crippen molar-refractivity contribution >= 4 is 33.3 Å². The summed E-state index contributed by atoms with van der Waals surface area (Å²) in [5, 5.41) is 4.31. The standard InChI is InChI=1S/C16H21BrN2OS/c1-9(2)8-19-15(21)18-13-10(3)16(19,4)20-14-11(13)6-5-7-12(14)17/h5-7,9-10,13H,8H2,1-4H3,(H,18,21). The van der Waals surface area contributed by atoms with Crippen LogP contribution in [0.25, 0.3) is 0 Å². The van der Waals surface area contributed by atoms with Gasteiger partial charge in [-0.1, -0.05) is 32.9 Å². The van der Waals surface area contributed by atoms with Crippen molar-refractivity contribution in [3.05, 3.63) is 28.2 Å². The minimum atomic E-state index is -0.409. The maximum atomic E-state index is 6.47. The molecule has 0 aromatic heterocycles. The van der Waals surface area contributed by atoms with Gasteiger partial charge in [-0.05, 0) is 47.1 Å². The van der Waals surface area contributed by atoms with Crippen LogP contribution >= 0.6 is 28.1 Å². The third-order valence-corrected chi connectivity index (χ3v) is 5.56. The molecule has 0 aliphatic carbocycles. The first kappa shape index (κ1) is 15.1. The molecule has 2 aliphatic heterocycles. The number of ether oxygens (including phenoxy) is 1. The van der Waals surface area contributed by atoms with E-state index in [1.54, 1.807) is 0 Å². The van der Waals surface area contributed by atoms with Crippen LogP contribution in [-0.4, -0.2) is 22.3 Å². The first-order chi connectivity index (χ1) is 9.84. The molecule has 0 amide bonds. The van der Waals surface area contributed by atoms with Crippen molar-refractivity contribution in [2.24, 2.45) is 11.8 Å². The van der Waals surface area contributed by atoms with Crippen LogP contribution in [0.4, 0.5) is 0 Å². The highest BCUT2D eigenvalue weighted by Gasteiger charge is 2.53. The summed E-state index contributed by atoms with van der Waals surface area (Å²) >= 11 is 9.23. The number of hydrogen-bond donors (Lipinski definition) is 1. The molecule has 1 N–H and O–H groups in total. The van der Waals surface area contributed by atoms with E-state index in [9.17, 15) is 0 Å². The normalized spacial score (nSPS) is 30.8. The van der Waals surface area contributed by atoms with Gasteiger partial charge in [-0.25, -0.2) is 0 Å². The van der Waals surface area contributed by atoms with E-state index in [1.807, 2.05) is 12.1 Å². The second-order valence-corrected chi connectivity index (χ2v) is 7.78. The van der Waals surface area contributed by atoms with Crippen LogP contribution < -0.4 is 10.1 Å². The molecule has 21 heavy (non-hydrogen) atoms. The van der Waals surface area contributed by atoms with E-state index in [4.69, 9.17) is 17.0 Å². The summed E-state index contributed by atoms with van der Waals surface area (Å²) in [6, 6.07) is 6.40. The molecule has 1 aromatic rings. The van der Waals surface area contributed by atoms with Gasteiger partial charge < -0.3 is 15.0 Å². The quantitative estimate of drug-likeness (QED) is 0.794. The third-order valence-electron chi connectivity index (χ3n) is 4.59. The number of rotatable bonds is 2. The van der Waals surface area contributed by atoms with Crippen LogP contribution in [0.2, 0.25) is 0 Å². The predicted octanol–water partition coefficient (Wildman–Crippen LogP) is 4.08. The van der Waals surface area contributed by atoms with Gasteiger partial charge in [0.05, 0.1) is 10.5 Å². The lowest BCUT2D eigenvalue weighted by molar-refractivity contribution is -0.114. The van der Waals surface area contributed by atoms with E-state index in [1.165, 1.54) is 5.56 Å². The molecule has 1 saturated heterocycles. The van der Waals surface area contributed by atoms with E-state index in [0.29, 0.717) is 11.8 Å². The monoisotopic (exact) mass is 368 g/mol. The Morgan fingerprint density at radius 1 is 1.48 bits per heavy atom. The maximum absolute atomic E-state index is 6.47. The van der Waals surface area contributed by atoms with Crippen molar-refractivity contribution in [3.8, 4) is 5.75 Å². The Hall–Kier alpha value is -0.810. The molecule has 1 aromatic carbocycles. The summed E-state index contributed by atoms with van der Waals surface area (Å²) in [4.78, 5) is 2.20. The topological polar surface area (TPSA) is 24.5 Å². The van der Waals surface area contributed by atoms with Gasteiger partial charge in [0.25, 0.3) is 0 Å². The number of nitrogens with one attached hydrogen (secondary N) is 1. The summed E-state index contributed by atoms with van der Waals surface area (Å²) in [6.07, 6.45) is 0. The van der Waals surface area contributed by atoms with Crippen molar-refractivity contribution in [3.63, 3.8) is 0 Å². The van der Waals surface area contributed by atoms with E-state index in [0.717, 1.165) is 21.9 Å². The van der Waals surface area contributed by atoms with Crippen molar-refractivity contribution in [1.29, 1.82) is 0 Å². The van der Waals surface area contributed by atoms with Gasteiger partial charge in [0, 0.05) is 18.0 Å². The van der Waals surface area contributed by atoms with Gasteiger partial charge in [0.1, 0.15) is 5.75 Å². The molecule has 3 rings (SSSR count). The lowest BCUT2D eigenvalue weighted by atomic mass is 9.80. The summed E-state index contributed by atoms with van der Waals surface area (Å²) in [6.45, 7) is 9.68. The number of fused-ring (bicyclic) bond motifs is 4. The summed E-state index contributed by atoms with van der Waals surface area (Å²) in [5.41, 5.74) is 0.773. The zero-order valence-electron chi connectivity index (χ0n) is 12.8. The lowest BCUT2D eigenvalue weighted by Crippen LogP contribution is -2.69. The van der Waals surface area contributed by atoms with Gasteiger partial charge in [-0.15, -0.1) is 0 Å². The van der Waals surface area contributed by atoms with Gasteiger partial charge in [-0.3, -0.25) is 0 Å². The predicted molar refractivity (Wildman–Crippen MR) is 92.4 cm³/mol. The maximum Gasteiger partial charge on any atom is 0.186 e. The first-order valence-electron chi connectivity index (χ1n) is 7.40. The number of benzene rings is 1. The highest BCUT2D eigenvalue weighted by molar-refractivity contribution is 9.10. The Balaban J connectivity index is 2.10. The van der Waals surface area contributed by atoms with Crippen LogP contribution in [0.3, 0.4) is 0 Å². The van der Waals surface area contributed by atoms with E-state index in [2.05, 4.69) is 59.9 Å². The second-order valence-electron chi connectivity index (χ2n) is 6.54. The largest absolute Gasteiger partial charge is 0.466 e. The highest BCUT2D eigenvalue weighted by Crippen LogP contribution is 2.50. The number of halogens is 1. The van der Waals surface area contributed by atoms with E-state index < -0.39 is 5.72 Å². The van der Waals surface area contributed by atoms with Crippen LogP contribution in [0, 0.1) is 11.8 Å². The van der Waals surface area contributed by atoms with Crippen LogP contribution in [0.1, 0.15) is 39.3 Å². The smallest absolute Gasteiger partial charge is 0.186 e. The fourth-order valence-electron chi connectivity index (χ4n) is 3.30. The molecule has 1 fully saturated rings. The average Bonchev–Trinajstić information content (AvgIpc) is 2.40. The Morgan fingerprint density at radius 2 is 2.19 bits per heavy atom. The van der Waals surface area contributed by atoms with Crippen LogP contribution in [-0.2, 0) is 0 Å². The summed E-state index contributed by atoms with van der Waals surface area (Å²) < 4.78 is 7.47. The Kier molecular flexibility index (Phi) is 3.69. The van der Waals surface area contributed by atoms with Gasteiger partial charge in [-0.2, -0.15) is 0 Å². The minimum Gasteiger partial charge on any atom is -0.466 e. The van der Waals surface area contributed by atoms with Crippen molar-refractivity contribution in [2.45, 2.75) is 39.5 Å². The molecule has 0 spiro atoms. The number of nitrogens with zero attached hydrogens (tertiary/aromatic N) is 1. The zero-order chi connectivity index (χ0) is 15.4. The molecule has 2 bridgehead atoms. The average molecular weight is 369 g/mol. The number of hydrogen-bond acceptors (Lipinski definition) is 2. The Morgan fingerprint density at radius 3 is 2.86 bits per heavy atom.